The van der Waals surface area contributed by atoms with E-state index in [9.17, 15) is 9.59 Å². The minimum Gasteiger partial charge on any atom is -0.497 e. The first-order valence-corrected chi connectivity index (χ1v) is 11.1. The van der Waals surface area contributed by atoms with Gasteiger partial charge in [-0.2, -0.15) is 0 Å². The average molecular weight is 441 g/mol. The normalized spacial score (nSPS) is 15.3. The molecule has 172 valence electrons. The van der Waals surface area contributed by atoms with Gasteiger partial charge in [-0.15, -0.1) is 0 Å². The second kappa shape index (κ2) is 11.5. The van der Waals surface area contributed by atoms with Crippen LogP contribution in [0.25, 0.3) is 0 Å². The van der Waals surface area contributed by atoms with Crippen molar-refractivity contribution in [2.24, 2.45) is 5.92 Å². The van der Waals surface area contributed by atoms with E-state index in [0.29, 0.717) is 18.8 Å². The molecule has 0 saturated carbocycles. The van der Waals surface area contributed by atoms with Crippen molar-refractivity contribution in [3.63, 3.8) is 0 Å². The summed E-state index contributed by atoms with van der Waals surface area (Å²) >= 11 is 0. The van der Waals surface area contributed by atoms with E-state index in [2.05, 4.69) is 21.9 Å². The summed E-state index contributed by atoms with van der Waals surface area (Å²) in [5.41, 5.74) is 2.02. The number of nitrogens with zero attached hydrogens (tertiary/aromatic N) is 2. The second-order valence-corrected chi connectivity index (χ2v) is 7.56. The van der Waals surface area contributed by atoms with Crippen LogP contribution in [0.1, 0.15) is 25.5 Å². The van der Waals surface area contributed by atoms with Gasteiger partial charge in [-0.1, -0.05) is 30.3 Å². The Morgan fingerprint density at radius 3 is 1.91 bits per heavy atom. The molecular weight excluding hydrogens is 408 g/mol. The number of carbonyl (C=O) groups is 2. The summed E-state index contributed by atoms with van der Waals surface area (Å²) < 4.78 is 15.9. The van der Waals surface area contributed by atoms with Crippen molar-refractivity contribution in [3.8, 4) is 5.75 Å². The SMILES string of the molecule is CCOC(=O)C(C(=O)OCC)[C@@H](c1ccc(OC)cc1)N1CCN(c2ccccc2)CC1. The van der Waals surface area contributed by atoms with Gasteiger partial charge >= 0.3 is 11.9 Å². The molecule has 0 aliphatic carbocycles. The second-order valence-electron chi connectivity index (χ2n) is 7.56. The molecule has 0 bridgehead atoms. The van der Waals surface area contributed by atoms with Crippen LogP contribution < -0.4 is 9.64 Å². The molecule has 0 radical (unpaired) electrons. The fraction of sp³-hybridized carbons (Fsp3) is 0.440. The number of methoxy groups -OCH3 is 1. The fourth-order valence-corrected chi connectivity index (χ4v) is 4.13. The lowest BCUT2D eigenvalue weighted by Crippen LogP contribution is -2.51. The lowest BCUT2D eigenvalue weighted by Gasteiger charge is -2.42. The number of piperazine rings is 1. The highest BCUT2D eigenvalue weighted by molar-refractivity contribution is 5.96. The molecule has 0 amide bonds. The number of anilines is 1. The zero-order chi connectivity index (χ0) is 22.9. The minimum atomic E-state index is -1.06. The van der Waals surface area contributed by atoms with E-state index >= 15 is 0 Å². The van der Waals surface area contributed by atoms with Crippen molar-refractivity contribution >= 4 is 17.6 Å². The van der Waals surface area contributed by atoms with E-state index in [1.165, 1.54) is 5.69 Å². The van der Waals surface area contributed by atoms with E-state index in [4.69, 9.17) is 14.2 Å². The molecule has 1 saturated heterocycles. The Bertz CT molecular complexity index is 846. The first kappa shape index (κ1) is 23.6. The maximum atomic E-state index is 12.9. The quantitative estimate of drug-likeness (QED) is 0.438. The minimum absolute atomic E-state index is 0.200. The molecule has 1 aliphatic heterocycles. The number of ether oxygens (including phenoxy) is 3. The van der Waals surface area contributed by atoms with Gasteiger partial charge in [0.05, 0.1) is 26.4 Å². The maximum absolute atomic E-state index is 12.9. The summed E-state index contributed by atoms with van der Waals surface area (Å²) in [6, 6.07) is 17.2. The predicted molar refractivity (Wildman–Crippen MR) is 123 cm³/mol. The standard InChI is InChI=1S/C25H32N2O5/c1-4-31-24(28)22(25(29)32-5-2)23(19-11-13-21(30-3)14-12-19)27-17-15-26(16-18-27)20-9-7-6-8-10-20/h6-14,22-23H,4-5,15-18H2,1-3H3/t23-/m1/s1. The molecule has 2 aromatic rings. The molecule has 1 heterocycles. The summed E-state index contributed by atoms with van der Waals surface area (Å²) in [4.78, 5) is 30.4. The molecule has 32 heavy (non-hydrogen) atoms. The number of hydrogen-bond donors (Lipinski definition) is 0. The lowest BCUT2D eigenvalue weighted by molar-refractivity contribution is -0.165. The topological polar surface area (TPSA) is 68.3 Å². The summed E-state index contributed by atoms with van der Waals surface area (Å²) in [5.74, 6) is -1.47. The van der Waals surface area contributed by atoms with Gasteiger partial charge in [0.15, 0.2) is 5.92 Å². The van der Waals surface area contributed by atoms with Crippen LogP contribution in [0.5, 0.6) is 5.75 Å². The summed E-state index contributed by atoms with van der Waals surface area (Å²) in [5, 5.41) is 0. The molecule has 0 aromatic heterocycles. The van der Waals surface area contributed by atoms with Crippen molar-refractivity contribution in [1.82, 2.24) is 4.90 Å². The number of para-hydroxylation sites is 1. The third-order valence-electron chi connectivity index (χ3n) is 5.68. The Kier molecular flexibility index (Phi) is 8.50. The molecule has 1 aliphatic rings. The average Bonchev–Trinajstić information content (AvgIpc) is 2.83. The van der Waals surface area contributed by atoms with Crippen molar-refractivity contribution in [2.45, 2.75) is 19.9 Å². The number of carbonyl (C=O) groups excluding carboxylic acids is 2. The maximum Gasteiger partial charge on any atom is 0.322 e. The van der Waals surface area contributed by atoms with Gasteiger partial charge < -0.3 is 19.1 Å². The van der Waals surface area contributed by atoms with Crippen LogP contribution in [-0.2, 0) is 19.1 Å². The summed E-state index contributed by atoms with van der Waals surface area (Å²) in [6.07, 6.45) is 0. The van der Waals surface area contributed by atoms with Crippen LogP contribution in [0, 0.1) is 5.92 Å². The molecule has 1 fully saturated rings. The van der Waals surface area contributed by atoms with Gasteiger partial charge in [0.2, 0.25) is 0 Å². The number of esters is 2. The Labute approximate surface area is 189 Å². The highest BCUT2D eigenvalue weighted by Crippen LogP contribution is 2.33. The van der Waals surface area contributed by atoms with Crippen LogP contribution >= 0.6 is 0 Å². The van der Waals surface area contributed by atoms with Crippen LogP contribution in [-0.4, -0.2) is 63.3 Å². The first-order chi connectivity index (χ1) is 15.6. The molecule has 7 heteroatoms. The zero-order valence-corrected chi connectivity index (χ0v) is 19.0. The van der Waals surface area contributed by atoms with Crippen LogP contribution in [0.3, 0.4) is 0 Å². The molecule has 1 atom stereocenters. The van der Waals surface area contributed by atoms with Crippen molar-refractivity contribution in [1.29, 1.82) is 0 Å². The fourth-order valence-electron chi connectivity index (χ4n) is 4.13. The molecule has 3 rings (SSSR count). The van der Waals surface area contributed by atoms with Gasteiger partial charge in [-0.3, -0.25) is 14.5 Å². The van der Waals surface area contributed by atoms with Crippen molar-refractivity contribution in [3.05, 3.63) is 60.2 Å². The van der Waals surface area contributed by atoms with Gasteiger partial charge in [0, 0.05) is 31.9 Å². The van der Waals surface area contributed by atoms with Crippen molar-refractivity contribution < 1.29 is 23.8 Å². The molecule has 2 aromatic carbocycles. The van der Waals surface area contributed by atoms with E-state index in [1.54, 1.807) is 21.0 Å². The number of hydrogen-bond acceptors (Lipinski definition) is 7. The Hall–Kier alpha value is -3.06. The van der Waals surface area contributed by atoms with Crippen LogP contribution in [0.2, 0.25) is 0 Å². The van der Waals surface area contributed by atoms with Gasteiger partial charge in [0.25, 0.3) is 0 Å². The highest BCUT2D eigenvalue weighted by atomic mass is 16.6. The summed E-state index contributed by atoms with van der Waals surface area (Å²) in [6.45, 7) is 6.84. The van der Waals surface area contributed by atoms with E-state index < -0.39 is 23.9 Å². The third-order valence-corrected chi connectivity index (χ3v) is 5.68. The highest BCUT2D eigenvalue weighted by Gasteiger charge is 2.42. The van der Waals surface area contributed by atoms with Gasteiger partial charge in [0.1, 0.15) is 5.75 Å². The van der Waals surface area contributed by atoms with E-state index in [-0.39, 0.29) is 13.2 Å². The molecule has 0 N–H and O–H groups in total. The van der Waals surface area contributed by atoms with E-state index in [1.807, 2.05) is 42.5 Å². The van der Waals surface area contributed by atoms with Crippen LogP contribution in [0.4, 0.5) is 5.69 Å². The molecule has 0 spiro atoms. The van der Waals surface area contributed by atoms with Gasteiger partial charge in [-0.05, 0) is 43.7 Å². The van der Waals surface area contributed by atoms with Crippen LogP contribution in [0.15, 0.2) is 54.6 Å². The molecular formula is C25H32N2O5. The zero-order valence-electron chi connectivity index (χ0n) is 19.0. The lowest BCUT2D eigenvalue weighted by atomic mass is 9.90. The van der Waals surface area contributed by atoms with Crippen molar-refractivity contribution in [2.75, 3.05) is 51.4 Å². The summed E-state index contributed by atoms with van der Waals surface area (Å²) in [7, 11) is 1.61. The molecule has 7 nitrogen and oxygen atoms in total. The first-order valence-electron chi connectivity index (χ1n) is 11.1. The monoisotopic (exact) mass is 440 g/mol. The number of benzene rings is 2. The Morgan fingerprint density at radius 2 is 1.41 bits per heavy atom. The largest absolute Gasteiger partial charge is 0.497 e. The Balaban J connectivity index is 1.90. The molecule has 0 unspecified atom stereocenters. The predicted octanol–water partition coefficient (Wildman–Crippen LogP) is 3.30. The van der Waals surface area contributed by atoms with E-state index in [0.717, 1.165) is 18.7 Å². The van der Waals surface area contributed by atoms with Gasteiger partial charge in [-0.25, -0.2) is 0 Å². The number of rotatable bonds is 9. The third kappa shape index (κ3) is 5.59. The Morgan fingerprint density at radius 1 is 0.844 bits per heavy atom. The smallest absolute Gasteiger partial charge is 0.322 e.